The number of hydrogen-bond donors (Lipinski definition) is 1. The van der Waals surface area contributed by atoms with Crippen LogP contribution in [-0.4, -0.2) is 40.3 Å². The predicted octanol–water partition coefficient (Wildman–Crippen LogP) is 1.29. The predicted molar refractivity (Wildman–Crippen MR) is 74.5 cm³/mol. The molecular weight excluding hydrogens is 274 g/mol. The number of rotatable bonds is 4. The quantitative estimate of drug-likeness (QED) is 0.660. The molecule has 0 unspecified atom stereocenters. The van der Waals surface area contributed by atoms with E-state index >= 15 is 0 Å². The number of anilines is 1. The molecular formula is C13H15N5O3. The molecule has 1 amide bonds. The van der Waals surface area contributed by atoms with Crippen molar-refractivity contribution in [3.05, 3.63) is 27.9 Å². The lowest BCUT2D eigenvalue weighted by Gasteiger charge is -2.26. The molecule has 0 aromatic carbocycles. The van der Waals surface area contributed by atoms with E-state index in [1.165, 1.54) is 0 Å². The first kappa shape index (κ1) is 14.7. The van der Waals surface area contributed by atoms with Gasteiger partial charge in [0.1, 0.15) is 23.6 Å². The van der Waals surface area contributed by atoms with Gasteiger partial charge < -0.3 is 10.2 Å². The lowest BCUT2D eigenvalue weighted by Crippen LogP contribution is -2.39. The molecule has 8 nitrogen and oxygen atoms in total. The maximum atomic E-state index is 12.0. The minimum atomic E-state index is -0.615. The van der Waals surface area contributed by atoms with Gasteiger partial charge in [0, 0.05) is 19.2 Å². The molecule has 0 atom stereocenters. The molecule has 1 N–H and O–H groups in total. The number of amides is 1. The Bertz CT molecular complexity index is 590. The van der Waals surface area contributed by atoms with Crippen LogP contribution < -0.4 is 5.32 Å². The molecule has 1 aliphatic rings. The number of hydrogen-bond acceptors (Lipinski definition) is 6. The molecule has 0 saturated carbocycles. The normalized spacial score (nSPS) is 14.3. The van der Waals surface area contributed by atoms with Gasteiger partial charge in [0.05, 0.1) is 11.5 Å². The lowest BCUT2D eigenvalue weighted by atomic mass is 10.1. The Morgan fingerprint density at radius 1 is 1.48 bits per heavy atom. The Morgan fingerprint density at radius 2 is 2.19 bits per heavy atom. The van der Waals surface area contributed by atoms with E-state index in [9.17, 15) is 14.9 Å². The number of nitriles is 1. The second kappa shape index (κ2) is 6.65. The van der Waals surface area contributed by atoms with Crippen LogP contribution in [0.5, 0.6) is 0 Å². The van der Waals surface area contributed by atoms with Crippen LogP contribution in [0.2, 0.25) is 0 Å². The van der Waals surface area contributed by atoms with E-state index in [0.717, 1.165) is 44.6 Å². The highest BCUT2D eigenvalue weighted by molar-refractivity contribution is 5.81. The summed E-state index contributed by atoms with van der Waals surface area (Å²) in [6.45, 7) is 1.53. The molecule has 0 spiro atoms. The molecule has 1 aromatic rings. The fraction of sp³-hybridized carbons (Fsp3) is 0.462. The molecule has 2 heterocycles. The molecule has 2 rings (SSSR count). The van der Waals surface area contributed by atoms with Crippen molar-refractivity contribution in [2.75, 3.05) is 25.0 Å². The van der Waals surface area contributed by atoms with Crippen molar-refractivity contribution in [3.63, 3.8) is 0 Å². The fourth-order valence-corrected chi connectivity index (χ4v) is 2.19. The minimum absolute atomic E-state index is 0.0273. The molecule has 0 aliphatic carbocycles. The maximum Gasteiger partial charge on any atom is 0.289 e. The largest absolute Gasteiger partial charge is 0.360 e. The summed E-state index contributed by atoms with van der Waals surface area (Å²) in [7, 11) is 0. The lowest BCUT2D eigenvalue weighted by molar-refractivity contribution is -0.385. The molecule has 1 saturated heterocycles. The van der Waals surface area contributed by atoms with E-state index in [-0.39, 0.29) is 29.5 Å². The smallest absolute Gasteiger partial charge is 0.289 e. The van der Waals surface area contributed by atoms with Gasteiger partial charge in [-0.2, -0.15) is 5.26 Å². The van der Waals surface area contributed by atoms with Crippen LogP contribution >= 0.6 is 0 Å². The number of aromatic nitrogens is 1. The zero-order valence-electron chi connectivity index (χ0n) is 11.4. The summed E-state index contributed by atoms with van der Waals surface area (Å²) >= 11 is 0. The molecule has 1 aromatic heterocycles. The summed E-state index contributed by atoms with van der Waals surface area (Å²) in [6.07, 6.45) is 4.21. The Labute approximate surface area is 121 Å². The fourth-order valence-electron chi connectivity index (χ4n) is 2.19. The van der Waals surface area contributed by atoms with E-state index in [1.807, 2.05) is 6.07 Å². The Kier molecular flexibility index (Phi) is 4.66. The summed E-state index contributed by atoms with van der Waals surface area (Å²) in [5, 5.41) is 22.4. The van der Waals surface area contributed by atoms with Gasteiger partial charge in [-0.05, 0) is 19.3 Å². The van der Waals surface area contributed by atoms with Crippen LogP contribution in [0.1, 0.15) is 24.8 Å². The minimum Gasteiger partial charge on any atom is -0.360 e. The molecule has 8 heteroatoms. The Balaban J connectivity index is 2.01. The molecule has 1 fully saturated rings. The number of nitrogens with zero attached hydrogens (tertiary/aromatic N) is 4. The number of likely N-dealkylation sites (tertiary alicyclic amines) is 1. The third-order valence-corrected chi connectivity index (χ3v) is 3.32. The van der Waals surface area contributed by atoms with Gasteiger partial charge in [0.2, 0.25) is 5.91 Å². The van der Waals surface area contributed by atoms with E-state index in [1.54, 1.807) is 4.90 Å². The highest BCUT2D eigenvalue weighted by Crippen LogP contribution is 2.18. The van der Waals surface area contributed by atoms with Crippen LogP contribution in [0.3, 0.4) is 0 Å². The monoisotopic (exact) mass is 289 g/mol. The summed E-state index contributed by atoms with van der Waals surface area (Å²) in [5.74, 6) is 0.132. The van der Waals surface area contributed by atoms with Gasteiger partial charge in [0.15, 0.2) is 0 Å². The van der Waals surface area contributed by atoms with Gasteiger partial charge in [-0.15, -0.1) is 0 Å². The van der Waals surface area contributed by atoms with Crippen LogP contribution in [0, 0.1) is 21.4 Å². The molecule has 21 heavy (non-hydrogen) atoms. The highest BCUT2D eigenvalue weighted by Gasteiger charge is 2.17. The van der Waals surface area contributed by atoms with Crippen molar-refractivity contribution < 1.29 is 9.72 Å². The van der Waals surface area contributed by atoms with Crippen LogP contribution in [0.15, 0.2) is 12.3 Å². The summed E-state index contributed by atoms with van der Waals surface area (Å²) in [4.78, 5) is 27.6. The third kappa shape index (κ3) is 3.66. The van der Waals surface area contributed by atoms with Gasteiger partial charge >= 0.3 is 0 Å². The summed E-state index contributed by atoms with van der Waals surface area (Å²) in [6, 6.07) is 2.98. The highest BCUT2D eigenvalue weighted by atomic mass is 16.6. The number of nitro groups is 1. The summed E-state index contributed by atoms with van der Waals surface area (Å²) in [5.41, 5.74) is -0.199. The van der Waals surface area contributed by atoms with Crippen LogP contribution in [0.25, 0.3) is 0 Å². The first-order valence-electron chi connectivity index (χ1n) is 6.68. The topological polar surface area (TPSA) is 112 Å². The average molecular weight is 289 g/mol. The maximum absolute atomic E-state index is 12.0. The molecule has 0 bridgehead atoms. The number of carbonyl (C=O) groups excluding carboxylic acids is 1. The Morgan fingerprint density at radius 3 is 2.81 bits per heavy atom. The number of pyridine rings is 1. The van der Waals surface area contributed by atoms with Gasteiger partial charge in [-0.25, -0.2) is 4.98 Å². The second-order valence-electron chi connectivity index (χ2n) is 4.75. The van der Waals surface area contributed by atoms with Crippen molar-refractivity contribution >= 4 is 17.4 Å². The molecule has 110 valence electrons. The second-order valence-corrected chi connectivity index (χ2v) is 4.75. The van der Waals surface area contributed by atoms with Crippen molar-refractivity contribution in [2.45, 2.75) is 19.3 Å². The number of nitrogens with one attached hydrogen (secondary N) is 1. The molecule has 1 aliphatic heterocycles. The third-order valence-electron chi connectivity index (χ3n) is 3.32. The number of piperidine rings is 1. The average Bonchev–Trinajstić information content (AvgIpc) is 2.53. The molecule has 0 radical (unpaired) electrons. The zero-order valence-corrected chi connectivity index (χ0v) is 11.4. The van der Waals surface area contributed by atoms with Gasteiger partial charge in [0.25, 0.3) is 5.69 Å². The standard InChI is InChI=1S/C13H15N5O3/c14-7-10-6-11(18(20)21)8-15-13(10)16-9-12(19)17-4-2-1-3-5-17/h6,8H,1-5,9H2,(H,15,16). The van der Waals surface area contributed by atoms with Gasteiger partial charge in [-0.1, -0.05) is 0 Å². The van der Waals surface area contributed by atoms with Crippen molar-refractivity contribution in [2.24, 2.45) is 0 Å². The zero-order chi connectivity index (χ0) is 15.2. The van der Waals surface area contributed by atoms with Crippen molar-refractivity contribution in [3.8, 4) is 6.07 Å². The van der Waals surface area contributed by atoms with E-state index in [0.29, 0.717) is 0 Å². The van der Waals surface area contributed by atoms with Crippen LogP contribution in [-0.2, 0) is 4.79 Å². The van der Waals surface area contributed by atoms with Gasteiger partial charge in [-0.3, -0.25) is 14.9 Å². The van der Waals surface area contributed by atoms with Crippen molar-refractivity contribution in [1.82, 2.24) is 9.88 Å². The van der Waals surface area contributed by atoms with E-state index in [2.05, 4.69) is 10.3 Å². The van der Waals surface area contributed by atoms with Crippen molar-refractivity contribution in [1.29, 1.82) is 5.26 Å². The van der Waals surface area contributed by atoms with E-state index < -0.39 is 4.92 Å². The Hall–Kier alpha value is -2.69. The first-order chi connectivity index (χ1) is 10.1. The van der Waals surface area contributed by atoms with E-state index in [4.69, 9.17) is 5.26 Å². The number of carbonyl (C=O) groups is 1. The summed E-state index contributed by atoms with van der Waals surface area (Å²) < 4.78 is 0. The first-order valence-corrected chi connectivity index (χ1v) is 6.68. The van der Waals surface area contributed by atoms with Crippen LogP contribution in [0.4, 0.5) is 11.5 Å². The SMILES string of the molecule is N#Cc1cc([N+](=O)[O-])cnc1NCC(=O)N1CCCCC1.